The minimum atomic E-state index is -0.200. The van der Waals surface area contributed by atoms with E-state index in [9.17, 15) is 4.79 Å². The number of methoxy groups -OCH3 is 3. The van der Waals surface area contributed by atoms with E-state index in [1.807, 2.05) is 32.9 Å². The van der Waals surface area contributed by atoms with E-state index in [4.69, 9.17) is 14.2 Å². The molecule has 138 valence electrons. The van der Waals surface area contributed by atoms with Crippen LogP contribution in [0.5, 0.6) is 17.2 Å². The third-order valence-electron chi connectivity index (χ3n) is 4.04. The molecule has 2 aromatic carbocycles. The van der Waals surface area contributed by atoms with Gasteiger partial charge in [-0.2, -0.15) is 0 Å². The zero-order valence-electron chi connectivity index (χ0n) is 16.1. The highest BCUT2D eigenvalue weighted by atomic mass is 16.5. The first-order valence-electron chi connectivity index (χ1n) is 8.26. The molecule has 0 aliphatic carbocycles. The standard InChI is InChI=1S/C21H25NO4/c1-13-9-14(2)20(15(3)10-13)22-19(23)8-7-16-11-17(24-4)21(26-6)18(12-16)25-5/h7-12H,1-6H3,(H,22,23)/b8-7+. The van der Waals surface area contributed by atoms with Crippen molar-refractivity contribution in [2.45, 2.75) is 20.8 Å². The van der Waals surface area contributed by atoms with Crippen molar-refractivity contribution in [1.29, 1.82) is 0 Å². The number of nitrogens with one attached hydrogen (secondary N) is 1. The molecule has 0 spiro atoms. The fourth-order valence-electron chi connectivity index (χ4n) is 2.91. The second kappa shape index (κ2) is 8.43. The fourth-order valence-corrected chi connectivity index (χ4v) is 2.91. The van der Waals surface area contributed by atoms with Crippen LogP contribution in [0.25, 0.3) is 6.08 Å². The largest absolute Gasteiger partial charge is 0.493 e. The highest BCUT2D eigenvalue weighted by molar-refractivity contribution is 6.02. The Morgan fingerprint density at radius 3 is 1.88 bits per heavy atom. The molecule has 0 radical (unpaired) electrons. The summed E-state index contributed by atoms with van der Waals surface area (Å²) in [6, 6.07) is 7.66. The zero-order chi connectivity index (χ0) is 19.3. The lowest BCUT2D eigenvalue weighted by molar-refractivity contribution is -0.111. The molecule has 0 aromatic heterocycles. The molecule has 2 aromatic rings. The van der Waals surface area contributed by atoms with Crippen molar-refractivity contribution < 1.29 is 19.0 Å². The molecule has 0 aliphatic heterocycles. The Bertz CT molecular complexity index is 792. The van der Waals surface area contributed by atoms with E-state index >= 15 is 0 Å². The molecule has 0 aliphatic rings. The van der Waals surface area contributed by atoms with Crippen molar-refractivity contribution >= 4 is 17.7 Å². The molecule has 0 heterocycles. The van der Waals surface area contributed by atoms with Crippen molar-refractivity contribution in [3.05, 3.63) is 52.6 Å². The Kier molecular flexibility index (Phi) is 6.28. The van der Waals surface area contributed by atoms with Crippen LogP contribution in [0.3, 0.4) is 0 Å². The first-order valence-corrected chi connectivity index (χ1v) is 8.26. The normalized spacial score (nSPS) is 10.7. The molecular formula is C21H25NO4. The monoisotopic (exact) mass is 355 g/mol. The Labute approximate surface area is 154 Å². The van der Waals surface area contributed by atoms with Gasteiger partial charge >= 0.3 is 0 Å². The van der Waals surface area contributed by atoms with Crippen molar-refractivity contribution in [2.24, 2.45) is 0 Å². The van der Waals surface area contributed by atoms with Gasteiger partial charge in [-0.3, -0.25) is 4.79 Å². The molecule has 0 saturated heterocycles. The first kappa shape index (κ1) is 19.4. The predicted octanol–water partition coefficient (Wildman–Crippen LogP) is 4.29. The molecule has 2 rings (SSSR count). The Hall–Kier alpha value is -2.95. The summed E-state index contributed by atoms with van der Waals surface area (Å²) in [6.07, 6.45) is 3.19. The molecule has 5 nitrogen and oxygen atoms in total. The average molecular weight is 355 g/mol. The maximum atomic E-state index is 12.3. The van der Waals surface area contributed by atoms with Gasteiger partial charge in [-0.05, 0) is 55.7 Å². The number of carbonyl (C=O) groups is 1. The second-order valence-corrected chi connectivity index (χ2v) is 6.05. The van der Waals surface area contributed by atoms with Crippen LogP contribution in [0, 0.1) is 20.8 Å². The first-order chi connectivity index (χ1) is 12.4. The van der Waals surface area contributed by atoms with Crippen LogP contribution in [-0.2, 0) is 4.79 Å². The number of benzene rings is 2. The van der Waals surface area contributed by atoms with Crippen LogP contribution < -0.4 is 19.5 Å². The van der Waals surface area contributed by atoms with Gasteiger partial charge in [0.2, 0.25) is 11.7 Å². The topological polar surface area (TPSA) is 56.8 Å². The lowest BCUT2D eigenvalue weighted by Gasteiger charge is -2.13. The molecule has 5 heteroatoms. The van der Waals surface area contributed by atoms with Crippen LogP contribution in [0.2, 0.25) is 0 Å². The van der Waals surface area contributed by atoms with Crippen LogP contribution in [-0.4, -0.2) is 27.2 Å². The summed E-state index contributed by atoms with van der Waals surface area (Å²) in [5, 5.41) is 2.94. The van der Waals surface area contributed by atoms with Gasteiger partial charge in [0.05, 0.1) is 21.3 Å². The highest BCUT2D eigenvalue weighted by Crippen LogP contribution is 2.38. The van der Waals surface area contributed by atoms with E-state index < -0.39 is 0 Å². The summed E-state index contributed by atoms with van der Waals surface area (Å²) in [5.74, 6) is 1.39. The number of amides is 1. The lowest BCUT2D eigenvalue weighted by Crippen LogP contribution is -2.10. The number of rotatable bonds is 6. The Balaban J connectivity index is 2.23. The molecule has 26 heavy (non-hydrogen) atoms. The number of hydrogen-bond acceptors (Lipinski definition) is 4. The summed E-state index contributed by atoms with van der Waals surface area (Å²) in [5.41, 5.74) is 4.86. The summed E-state index contributed by atoms with van der Waals surface area (Å²) >= 11 is 0. The average Bonchev–Trinajstić information content (AvgIpc) is 2.61. The van der Waals surface area contributed by atoms with Crippen LogP contribution >= 0.6 is 0 Å². The molecule has 0 fully saturated rings. The maximum absolute atomic E-state index is 12.3. The summed E-state index contributed by atoms with van der Waals surface area (Å²) in [7, 11) is 4.66. The predicted molar refractivity (Wildman–Crippen MR) is 104 cm³/mol. The van der Waals surface area contributed by atoms with Gasteiger partial charge in [0, 0.05) is 11.8 Å². The molecular weight excluding hydrogens is 330 g/mol. The molecule has 0 saturated carbocycles. The van der Waals surface area contributed by atoms with E-state index in [-0.39, 0.29) is 5.91 Å². The Morgan fingerprint density at radius 2 is 1.42 bits per heavy atom. The van der Waals surface area contributed by atoms with E-state index in [0.29, 0.717) is 17.2 Å². The van der Waals surface area contributed by atoms with Crippen molar-refractivity contribution in [3.63, 3.8) is 0 Å². The van der Waals surface area contributed by atoms with Gasteiger partial charge < -0.3 is 19.5 Å². The molecule has 1 amide bonds. The molecule has 0 atom stereocenters. The minimum Gasteiger partial charge on any atom is -0.493 e. The summed E-state index contributed by atoms with van der Waals surface area (Å²) in [4.78, 5) is 12.3. The van der Waals surface area contributed by atoms with Crippen LogP contribution in [0.15, 0.2) is 30.3 Å². The number of carbonyl (C=O) groups excluding carboxylic acids is 1. The quantitative estimate of drug-likeness (QED) is 0.786. The Morgan fingerprint density at radius 1 is 0.885 bits per heavy atom. The SMILES string of the molecule is COc1cc(/C=C/C(=O)Nc2c(C)cc(C)cc2C)cc(OC)c1OC. The lowest BCUT2D eigenvalue weighted by atomic mass is 10.1. The zero-order valence-corrected chi connectivity index (χ0v) is 16.1. The minimum absolute atomic E-state index is 0.200. The maximum Gasteiger partial charge on any atom is 0.248 e. The van der Waals surface area contributed by atoms with E-state index in [0.717, 1.165) is 22.4 Å². The van der Waals surface area contributed by atoms with Crippen molar-refractivity contribution in [3.8, 4) is 17.2 Å². The van der Waals surface area contributed by atoms with Gasteiger partial charge in [-0.15, -0.1) is 0 Å². The number of anilines is 1. The molecule has 1 N–H and O–H groups in total. The van der Waals surface area contributed by atoms with Crippen molar-refractivity contribution in [2.75, 3.05) is 26.6 Å². The molecule has 0 bridgehead atoms. The number of aryl methyl sites for hydroxylation is 3. The van der Waals surface area contributed by atoms with Gasteiger partial charge in [-0.1, -0.05) is 17.7 Å². The second-order valence-electron chi connectivity index (χ2n) is 6.05. The smallest absolute Gasteiger partial charge is 0.248 e. The van der Waals surface area contributed by atoms with E-state index in [2.05, 4.69) is 5.32 Å². The summed E-state index contributed by atoms with van der Waals surface area (Å²) in [6.45, 7) is 6.01. The van der Waals surface area contributed by atoms with Crippen molar-refractivity contribution in [1.82, 2.24) is 0 Å². The fraction of sp³-hybridized carbons (Fsp3) is 0.286. The van der Waals surface area contributed by atoms with Crippen LogP contribution in [0.1, 0.15) is 22.3 Å². The highest BCUT2D eigenvalue weighted by Gasteiger charge is 2.12. The van der Waals surface area contributed by atoms with Gasteiger partial charge in [-0.25, -0.2) is 0 Å². The van der Waals surface area contributed by atoms with Crippen LogP contribution in [0.4, 0.5) is 5.69 Å². The number of ether oxygens (including phenoxy) is 3. The van der Waals surface area contributed by atoms with Gasteiger partial charge in [0.1, 0.15) is 0 Å². The third-order valence-corrected chi connectivity index (χ3v) is 4.04. The third kappa shape index (κ3) is 4.36. The van der Waals surface area contributed by atoms with Gasteiger partial charge in [0.25, 0.3) is 0 Å². The number of hydrogen-bond donors (Lipinski definition) is 1. The van der Waals surface area contributed by atoms with Gasteiger partial charge in [0.15, 0.2) is 11.5 Å². The summed E-state index contributed by atoms with van der Waals surface area (Å²) < 4.78 is 16.0. The molecule has 0 unspecified atom stereocenters. The van der Waals surface area contributed by atoms with E-state index in [1.165, 1.54) is 11.6 Å². The van der Waals surface area contributed by atoms with E-state index in [1.54, 1.807) is 39.5 Å².